The van der Waals surface area contributed by atoms with E-state index in [1.807, 2.05) is 6.07 Å². The van der Waals surface area contributed by atoms with Gasteiger partial charge in [0.15, 0.2) is 0 Å². The summed E-state index contributed by atoms with van der Waals surface area (Å²) in [6, 6.07) is 9.87. The van der Waals surface area contributed by atoms with Crippen LogP contribution in [0.3, 0.4) is 0 Å². The minimum absolute atomic E-state index is 0.0612. The second-order valence-electron chi connectivity index (χ2n) is 4.46. The van der Waals surface area contributed by atoms with Gasteiger partial charge in [-0.1, -0.05) is 0 Å². The zero-order valence-corrected chi connectivity index (χ0v) is 10.8. The summed E-state index contributed by atoms with van der Waals surface area (Å²) in [6.45, 7) is 1.77. The van der Waals surface area contributed by atoms with Crippen molar-refractivity contribution in [2.45, 2.75) is 13.0 Å². The van der Waals surface area contributed by atoms with Crippen LogP contribution in [0.1, 0.15) is 24.1 Å². The van der Waals surface area contributed by atoms with Crippen molar-refractivity contribution in [3.8, 4) is 17.6 Å². The van der Waals surface area contributed by atoms with Gasteiger partial charge in [0.2, 0.25) is 0 Å². The van der Waals surface area contributed by atoms with Crippen molar-refractivity contribution in [1.29, 1.82) is 5.26 Å². The van der Waals surface area contributed by atoms with E-state index in [1.54, 1.807) is 6.92 Å². The third-order valence-corrected chi connectivity index (χ3v) is 2.90. The minimum Gasteiger partial charge on any atom is -0.508 e. The van der Waals surface area contributed by atoms with E-state index in [0.717, 1.165) is 6.07 Å². The van der Waals surface area contributed by atoms with Gasteiger partial charge in [0.05, 0.1) is 17.3 Å². The van der Waals surface area contributed by atoms with Crippen LogP contribution in [0.4, 0.5) is 10.1 Å². The highest BCUT2D eigenvalue weighted by molar-refractivity contribution is 5.51. The van der Waals surface area contributed by atoms with Gasteiger partial charge in [0.25, 0.3) is 0 Å². The second-order valence-corrected chi connectivity index (χ2v) is 4.46. The SMILES string of the molecule is CC(Nc1ccc(C#N)cc1F)c1cc(O)cc(O)c1. The molecule has 1 unspecified atom stereocenters. The third kappa shape index (κ3) is 2.98. The molecule has 0 saturated carbocycles. The van der Waals surface area contributed by atoms with Crippen molar-refractivity contribution < 1.29 is 14.6 Å². The van der Waals surface area contributed by atoms with E-state index in [1.165, 1.54) is 30.3 Å². The largest absolute Gasteiger partial charge is 0.508 e. The first-order valence-electron chi connectivity index (χ1n) is 5.98. The Morgan fingerprint density at radius 3 is 2.35 bits per heavy atom. The zero-order valence-electron chi connectivity index (χ0n) is 10.8. The number of nitrogens with one attached hydrogen (secondary N) is 1. The van der Waals surface area contributed by atoms with E-state index in [-0.39, 0.29) is 28.8 Å². The van der Waals surface area contributed by atoms with Gasteiger partial charge in [-0.2, -0.15) is 5.26 Å². The molecule has 0 aliphatic rings. The number of benzene rings is 2. The molecule has 1 atom stereocenters. The number of nitriles is 1. The van der Waals surface area contributed by atoms with Gasteiger partial charge in [-0.3, -0.25) is 0 Å². The smallest absolute Gasteiger partial charge is 0.147 e. The van der Waals surface area contributed by atoms with E-state index in [2.05, 4.69) is 5.32 Å². The van der Waals surface area contributed by atoms with Crippen LogP contribution < -0.4 is 5.32 Å². The number of nitrogens with zero attached hydrogens (tertiary/aromatic N) is 1. The minimum atomic E-state index is -0.528. The Balaban J connectivity index is 2.23. The van der Waals surface area contributed by atoms with Crippen molar-refractivity contribution in [2.75, 3.05) is 5.32 Å². The molecule has 3 N–H and O–H groups in total. The number of phenolic OH excluding ortho intramolecular Hbond substituents is 2. The quantitative estimate of drug-likeness (QED) is 0.801. The van der Waals surface area contributed by atoms with Gasteiger partial charge < -0.3 is 15.5 Å². The zero-order chi connectivity index (χ0) is 14.7. The maximum Gasteiger partial charge on any atom is 0.147 e. The number of aromatic hydroxyl groups is 2. The summed E-state index contributed by atoms with van der Waals surface area (Å²) in [5, 5.41) is 30.5. The fourth-order valence-corrected chi connectivity index (χ4v) is 1.89. The van der Waals surface area contributed by atoms with Crippen LogP contribution >= 0.6 is 0 Å². The highest BCUT2D eigenvalue weighted by atomic mass is 19.1. The maximum atomic E-state index is 13.8. The number of phenols is 2. The summed E-state index contributed by atoms with van der Waals surface area (Å²) in [5.41, 5.74) is 1.11. The lowest BCUT2D eigenvalue weighted by molar-refractivity contribution is 0.448. The van der Waals surface area contributed by atoms with Gasteiger partial charge in [0.1, 0.15) is 17.3 Å². The molecular formula is C15H13FN2O2. The average Bonchev–Trinajstić information content (AvgIpc) is 2.39. The lowest BCUT2D eigenvalue weighted by Crippen LogP contribution is -2.08. The Hall–Kier alpha value is -2.74. The summed E-state index contributed by atoms with van der Waals surface area (Å²) in [7, 11) is 0. The first-order valence-corrected chi connectivity index (χ1v) is 5.98. The van der Waals surface area contributed by atoms with E-state index >= 15 is 0 Å². The van der Waals surface area contributed by atoms with Gasteiger partial charge in [-0.05, 0) is 42.8 Å². The summed E-state index contributed by atoms with van der Waals surface area (Å²) in [4.78, 5) is 0. The molecule has 0 heterocycles. The molecule has 0 aliphatic heterocycles. The Morgan fingerprint density at radius 1 is 1.15 bits per heavy atom. The molecule has 0 spiro atoms. The Kier molecular flexibility index (Phi) is 3.76. The highest BCUT2D eigenvalue weighted by Gasteiger charge is 2.11. The van der Waals surface area contributed by atoms with Crippen molar-refractivity contribution >= 4 is 5.69 Å². The molecule has 2 aromatic rings. The topological polar surface area (TPSA) is 76.3 Å². The van der Waals surface area contributed by atoms with Crippen molar-refractivity contribution in [1.82, 2.24) is 0 Å². The fraction of sp³-hybridized carbons (Fsp3) is 0.133. The molecule has 0 bridgehead atoms. The van der Waals surface area contributed by atoms with Crippen LogP contribution in [0.2, 0.25) is 0 Å². The molecule has 0 radical (unpaired) electrons. The van der Waals surface area contributed by atoms with E-state index < -0.39 is 5.82 Å². The predicted molar refractivity (Wildman–Crippen MR) is 72.9 cm³/mol. The standard InChI is InChI=1S/C15H13FN2O2/c1-9(11-5-12(19)7-13(20)6-11)18-15-3-2-10(8-17)4-14(15)16/h2-7,9,18-20H,1H3. The summed E-state index contributed by atoms with van der Waals surface area (Å²) >= 11 is 0. The molecule has 102 valence electrons. The summed E-state index contributed by atoms with van der Waals surface area (Å²) < 4.78 is 13.8. The molecule has 0 saturated heterocycles. The monoisotopic (exact) mass is 272 g/mol. The molecule has 0 fully saturated rings. The molecule has 0 amide bonds. The molecule has 2 aromatic carbocycles. The van der Waals surface area contributed by atoms with Crippen LogP contribution in [-0.2, 0) is 0 Å². The van der Waals surface area contributed by atoms with Crippen molar-refractivity contribution in [3.05, 3.63) is 53.3 Å². The fourth-order valence-electron chi connectivity index (χ4n) is 1.89. The first kappa shape index (κ1) is 13.7. The normalized spacial score (nSPS) is 11.7. The van der Waals surface area contributed by atoms with Crippen LogP contribution in [0, 0.1) is 17.1 Å². The van der Waals surface area contributed by atoms with Gasteiger partial charge in [-0.25, -0.2) is 4.39 Å². The first-order chi connectivity index (χ1) is 9.49. The molecule has 5 heteroatoms. The molecule has 0 aliphatic carbocycles. The lowest BCUT2D eigenvalue weighted by Gasteiger charge is -2.17. The number of hydrogen-bond acceptors (Lipinski definition) is 4. The van der Waals surface area contributed by atoms with Crippen molar-refractivity contribution in [2.24, 2.45) is 0 Å². The number of rotatable bonds is 3. The predicted octanol–water partition coefficient (Wildman–Crippen LogP) is 3.28. The van der Waals surface area contributed by atoms with Crippen LogP contribution in [0.25, 0.3) is 0 Å². The number of anilines is 1. The Bertz CT molecular complexity index is 660. The number of hydrogen-bond donors (Lipinski definition) is 3. The third-order valence-electron chi connectivity index (χ3n) is 2.90. The van der Waals surface area contributed by atoms with Crippen LogP contribution in [-0.4, -0.2) is 10.2 Å². The maximum absolute atomic E-state index is 13.8. The molecule has 20 heavy (non-hydrogen) atoms. The molecule has 2 rings (SSSR count). The summed E-state index contributed by atoms with van der Waals surface area (Å²) in [6.07, 6.45) is 0. The highest BCUT2D eigenvalue weighted by Crippen LogP contribution is 2.28. The van der Waals surface area contributed by atoms with Crippen LogP contribution in [0.5, 0.6) is 11.5 Å². The van der Waals surface area contributed by atoms with E-state index in [0.29, 0.717) is 5.56 Å². The molecular weight excluding hydrogens is 259 g/mol. The van der Waals surface area contributed by atoms with Crippen LogP contribution in [0.15, 0.2) is 36.4 Å². The summed E-state index contributed by atoms with van der Waals surface area (Å²) in [5.74, 6) is -0.650. The van der Waals surface area contributed by atoms with Gasteiger partial charge in [0, 0.05) is 12.1 Å². The van der Waals surface area contributed by atoms with Gasteiger partial charge in [-0.15, -0.1) is 0 Å². The van der Waals surface area contributed by atoms with E-state index in [4.69, 9.17) is 5.26 Å². The number of halogens is 1. The molecule has 0 aromatic heterocycles. The van der Waals surface area contributed by atoms with E-state index in [9.17, 15) is 14.6 Å². The Morgan fingerprint density at radius 2 is 1.80 bits per heavy atom. The average molecular weight is 272 g/mol. The van der Waals surface area contributed by atoms with Crippen molar-refractivity contribution in [3.63, 3.8) is 0 Å². The Labute approximate surface area is 115 Å². The second kappa shape index (κ2) is 5.49. The van der Waals surface area contributed by atoms with Gasteiger partial charge >= 0.3 is 0 Å². The lowest BCUT2D eigenvalue weighted by atomic mass is 10.1. The molecule has 4 nitrogen and oxygen atoms in total.